The number of esters is 1. The van der Waals surface area contributed by atoms with Crippen molar-refractivity contribution in [1.29, 1.82) is 0 Å². The third-order valence-electron chi connectivity index (χ3n) is 4.77. The molecule has 0 fully saturated rings. The van der Waals surface area contributed by atoms with Crippen LogP contribution in [0.2, 0.25) is 0 Å². The van der Waals surface area contributed by atoms with Gasteiger partial charge in [0.15, 0.2) is 6.61 Å². The van der Waals surface area contributed by atoms with Crippen molar-refractivity contribution in [2.24, 2.45) is 0 Å². The van der Waals surface area contributed by atoms with Crippen molar-refractivity contribution in [3.05, 3.63) is 89.5 Å². The number of ether oxygens (including phenoxy) is 2. The van der Waals surface area contributed by atoms with Crippen LogP contribution in [0.4, 0.5) is 5.69 Å². The minimum Gasteiger partial charge on any atom is -0.457 e. The average Bonchev–Trinajstić information content (AvgIpc) is 3.21. The molecule has 0 atom stereocenters. The van der Waals surface area contributed by atoms with E-state index < -0.39 is 5.97 Å². The number of benzene rings is 3. The smallest absolute Gasteiger partial charge is 0.338 e. The van der Waals surface area contributed by atoms with E-state index in [4.69, 9.17) is 9.47 Å². The van der Waals surface area contributed by atoms with Crippen LogP contribution in [-0.2, 0) is 22.4 Å². The zero-order valence-corrected chi connectivity index (χ0v) is 15.9. The Kier molecular flexibility index (Phi) is 5.56. The number of nitrogens with one attached hydrogen (secondary N) is 1. The number of hydrogen-bond acceptors (Lipinski definition) is 4. The maximum atomic E-state index is 12.3. The summed E-state index contributed by atoms with van der Waals surface area (Å²) in [6.45, 7) is -0.348. The molecule has 1 aliphatic rings. The molecule has 3 aromatic carbocycles. The first kappa shape index (κ1) is 18.7. The number of aryl methyl sites for hydroxylation is 2. The number of hydrogen-bond donors (Lipinski definition) is 1. The lowest BCUT2D eigenvalue weighted by Crippen LogP contribution is -2.21. The molecule has 29 heavy (non-hydrogen) atoms. The zero-order valence-electron chi connectivity index (χ0n) is 15.9. The second-order valence-corrected chi connectivity index (χ2v) is 6.90. The van der Waals surface area contributed by atoms with Gasteiger partial charge in [-0.1, -0.05) is 30.3 Å². The first-order valence-electron chi connectivity index (χ1n) is 9.59. The lowest BCUT2D eigenvalue weighted by atomic mass is 10.1. The molecule has 4 rings (SSSR count). The molecular weight excluding hydrogens is 366 g/mol. The van der Waals surface area contributed by atoms with E-state index >= 15 is 0 Å². The zero-order chi connectivity index (χ0) is 20.1. The fourth-order valence-corrected chi connectivity index (χ4v) is 3.37. The van der Waals surface area contributed by atoms with Gasteiger partial charge in [-0.05, 0) is 72.9 Å². The lowest BCUT2D eigenvalue weighted by molar-refractivity contribution is -0.119. The average molecular weight is 387 g/mol. The summed E-state index contributed by atoms with van der Waals surface area (Å²) in [4.78, 5) is 24.4. The lowest BCUT2D eigenvalue weighted by Gasteiger charge is -2.09. The largest absolute Gasteiger partial charge is 0.457 e. The third kappa shape index (κ3) is 4.82. The normalized spacial score (nSPS) is 12.1. The molecule has 3 aromatic rings. The minimum atomic E-state index is -0.576. The van der Waals surface area contributed by atoms with Gasteiger partial charge in [0.2, 0.25) is 0 Å². The number of anilines is 1. The van der Waals surface area contributed by atoms with Gasteiger partial charge in [-0.15, -0.1) is 0 Å². The molecule has 0 unspecified atom stereocenters. The molecule has 5 nitrogen and oxygen atoms in total. The van der Waals surface area contributed by atoms with Crippen LogP contribution in [0.5, 0.6) is 11.5 Å². The van der Waals surface area contributed by atoms with Crippen molar-refractivity contribution < 1.29 is 19.1 Å². The van der Waals surface area contributed by atoms with E-state index in [9.17, 15) is 9.59 Å². The fraction of sp³-hybridized carbons (Fsp3) is 0.167. The summed E-state index contributed by atoms with van der Waals surface area (Å²) in [5, 5.41) is 2.78. The fourth-order valence-electron chi connectivity index (χ4n) is 3.37. The summed E-state index contributed by atoms with van der Waals surface area (Å²) in [7, 11) is 0. The Hall–Kier alpha value is -3.60. The van der Waals surface area contributed by atoms with Gasteiger partial charge in [-0.3, -0.25) is 4.79 Å². The summed E-state index contributed by atoms with van der Waals surface area (Å²) >= 11 is 0. The second kappa shape index (κ2) is 8.61. The highest BCUT2D eigenvalue weighted by atomic mass is 16.5. The van der Waals surface area contributed by atoms with Gasteiger partial charge in [0.1, 0.15) is 11.5 Å². The van der Waals surface area contributed by atoms with Crippen LogP contribution in [-0.4, -0.2) is 18.5 Å². The van der Waals surface area contributed by atoms with Crippen molar-refractivity contribution in [3.8, 4) is 11.5 Å². The van der Waals surface area contributed by atoms with Crippen molar-refractivity contribution in [2.75, 3.05) is 11.9 Å². The molecule has 1 aliphatic carbocycles. The summed E-state index contributed by atoms with van der Waals surface area (Å²) in [5.41, 5.74) is 3.66. The molecular formula is C24H21NO4. The topological polar surface area (TPSA) is 64.6 Å². The first-order valence-corrected chi connectivity index (χ1v) is 9.59. The molecule has 0 bridgehead atoms. The molecule has 0 saturated carbocycles. The summed E-state index contributed by atoms with van der Waals surface area (Å²) in [6, 6.07) is 21.9. The van der Waals surface area contributed by atoms with Gasteiger partial charge in [0, 0.05) is 5.69 Å². The van der Waals surface area contributed by atoms with Crippen molar-refractivity contribution in [3.63, 3.8) is 0 Å². The molecule has 1 N–H and O–H groups in total. The molecule has 5 heteroatoms. The molecule has 0 radical (unpaired) electrons. The number of carbonyl (C=O) groups excluding carboxylic acids is 2. The van der Waals surface area contributed by atoms with Gasteiger partial charge in [-0.2, -0.15) is 0 Å². The monoisotopic (exact) mass is 387 g/mol. The minimum absolute atomic E-state index is 0.323. The standard InChI is InChI=1S/C24H21NO4/c26-23(25-20-13-12-17-6-4-7-18(17)14-20)16-28-24(27)19-8-5-11-22(15-19)29-21-9-2-1-3-10-21/h1-3,5,8-15H,4,6-7,16H2,(H,25,26). The Labute approximate surface area is 169 Å². The Morgan fingerprint density at radius 1 is 0.828 bits per heavy atom. The number of carbonyl (C=O) groups is 2. The van der Waals surface area contributed by atoms with Gasteiger partial charge in [0.05, 0.1) is 5.56 Å². The van der Waals surface area contributed by atoms with E-state index in [-0.39, 0.29) is 12.5 Å². The third-order valence-corrected chi connectivity index (χ3v) is 4.77. The number of amides is 1. The number of fused-ring (bicyclic) bond motifs is 1. The predicted molar refractivity (Wildman–Crippen MR) is 110 cm³/mol. The number of para-hydroxylation sites is 1. The molecule has 0 saturated heterocycles. The summed E-state index contributed by atoms with van der Waals surface area (Å²) in [6.07, 6.45) is 3.28. The second-order valence-electron chi connectivity index (χ2n) is 6.90. The van der Waals surface area contributed by atoms with Crippen molar-refractivity contribution in [2.45, 2.75) is 19.3 Å². The van der Waals surface area contributed by atoms with Crippen LogP contribution >= 0.6 is 0 Å². The van der Waals surface area contributed by atoms with Crippen molar-refractivity contribution >= 4 is 17.6 Å². The Balaban J connectivity index is 1.32. The van der Waals surface area contributed by atoms with E-state index in [1.54, 1.807) is 24.3 Å². The molecule has 0 aliphatic heterocycles. The molecule has 0 heterocycles. The van der Waals surface area contributed by atoms with Crippen LogP contribution in [0.1, 0.15) is 27.9 Å². The van der Waals surface area contributed by atoms with Gasteiger partial charge in [0.25, 0.3) is 5.91 Å². The number of rotatable bonds is 6. The highest BCUT2D eigenvalue weighted by Gasteiger charge is 2.14. The first-order chi connectivity index (χ1) is 14.2. The molecule has 0 spiro atoms. The Morgan fingerprint density at radius 3 is 2.48 bits per heavy atom. The van der Waals surface area contributed by atoms with Crippen LogP contribution in [0.15, 0.2) is 72.8 Å². The van der Waals surface area contributed by atoms with E-state index in [0.717, 1.165) is 24.9 Å². The maximum Gasteiger partial charge on any atom is 0.338 e. The van der Waals surface area contributed by atoms with E-state index in [1.807, 2.05) is 48.5 Å². The summed E-state index contributed by atoms with van der Waals surface area (Å²) < 4.78 is 10.9. The van der Waals surface area contributed by atoms with Crippen LogP contribution in [0, 0.1) is 0 Å². The predicted octanol–water partition coefficient (Wildman–Crippen LogP) is 4.76. The summed E-state index contributed by atoms with van der Waals surface area (Å²) in [5.74, 6) is 0.251. The van der Waals surface area contributed by atoms with Crippen LogP contribution < -0.4 is 10.1 Å². The maximum absolute atomic E-state index is 12.3. The van der Waals surface area contributed by atoms with Gasteiger partial charge < -0.3 is 14.8 Å². The van der Waals surface area contributed by atoms with E-state index in [0.29, 0.717) is 17.1 Å². The van der Waals surface area contributed by atoms with E-state index in [2.05, 4.69) is 5.32 Å². The van der Waals surface area contributed by atoms with Gasteiger partial charge >= 0.3 is 5.97 Å². The molecule has 0 aromatic heterocycles. The quantitative estimate of drug-likeness (QED) is 0.619. The Bertz CT molecular complexity index is 1030. The van der Waals surface area contributed by atoms with Gasteiger partial charge in [-0.25, -0.2) is 4.79 Å². The van der Waals surface area contributed by atoms with E-state index in [1.165, 1.54) is 11.1 Å². The Morgan fingerprint density at radius 2 is 1.62 bits per heavy atom. The van der Waals surface area contributed by atoms with Crippen LogP contribution in [0.3, 0.4) is 0 Å². The molecule has 146 valence electrons. The highest BCUT2D eigenvalue weighted by Crippen LogP contribution is 2.25. The SMILES string of the molecule is O=C(COC(=O)c1cccc(Oc2ccccc2)c1)Nc1ccc2c(c1)CCC2. The highest BCUT2D eigenvalue weighted by molar-refractivity contribution is 5.95. The van der Waals surface area contributed by atoms with Crippen molar-refractivity contribution in [1.82, 2.24) is 0 Å². The van der Waals surface area contributed by atoms with Crippen LogP contribution in [0.25, 0.3) is 0 Å². The molecule has 1 amide bonds.